The van der Waals surface area contributed by atoms with Crippen LogP contribution in [-0.4, -0.2) is 58.7 Å². The molecule has 2 aromatic carbocycles. The van der Waals surface area contributed by atoms with Crippen LogP contribution in [-0.2, 0) is 26.2 Å². The fourth-order valence-electron chi connectivity index (χ4n) is 5.47. The van der Waals surface area contributed by atoms with Crippen molar-refractivity contribution in [1.29, 1.82) is 0 Å². The molecule has 3 aromatic rings. The number of benzene rings is 2. The van der Waals surface area contributed by atoms with E-state index in [-0.39, 0.29) is 40.8 Å². The number of hydrogen-bond donors (Lipinski definition) is 2. The molecule has 190 valence electrons. The minimum absolute atomic E-state index is 0. The van der Waals surface area contributed by atoms with Crippen LogP contribution in [0.3, 0.4) is 0 Å². The number of thiazole rings is 1. The van der Waals surface area contributed by atoms with Gasteiger partial charge in [-0.3, -0.25) is 10.1 Å². The van der Waals surface area contributed by atoms with E-state index in [1.165, 1.54) is 0 Å². The second kappa shape index (κ2) is 10.7. The van der Waals surface area contributed by atoms with E-state index in [0.29, 0.717) is 33.8 Å². The minimum atomic E-state index is -1.90. The molecular weight excluding hydrogens is 498 g/mol. The fourth-order valence-corrected chi connectivity index (χ4v) is 6.35. The number of halogens is 1. The van der Waals surface area contributed by atoms with E-state index in [4.69, 9.17) is 4.74 Å². The number of ether oxygens (including phenoxy) is 1. The first-order valence-corrected chi connectivity index (χ1v) is 13.7. The number of fused-ring (bicyclic) bond motifs is 3. The highest BCUT2D eigenvalue weighted by Crippen LogP contribution is 2.38. The molecular formula is C27H31ClN3O4S+. The predicted molar refractivity (Wildman–Crippen MR) is 135 cm³/mol. The van der Waals surface area contributed by atoms with Gasteiger partial charge in [0, 0.05) is 29.2 Å². The molecule has 1 amide bonds. The second-order valence-corrected chi connectivity index (χ2v) is 11.5. The standard InChI is InChI=1S/C27H30N3O4S.ClH/c1-35-17-14-28-26(35)29-24(31)19-30-15-12-20(13-16-30)23(18-30)34-25(32)27(33,21-8-4-2-5-9-21)22-10-6-3-7-11-22;/h2-11,14,17,20,23,33H,12-13,15-16,18-19H2,1H3;1H/q+1;/t20?,23-,30?,35?;/m0./s1. The Kier molecular flexibility index (Phi) is 7.80. The summed E-state index contributed by atoms with van der Waals surface area (Å²) < 4.78 is 6.68. The van der Waals surface area contributed by atoms with Crippen molar-refractivity contribution >= 4 is 27.5 Å². The number of nitrogens with zero attached hydrogens (tertiary/aromatic N) is 2. The molecule has 0 saturated carbocycles. The van der Waals surface area contributed by atoms with Crippen molar-refractivity contribution in [3.63, 3.8) is 0 Å². The average molecular weight is 529 g/mol. The molecule has 6 rings (SSSR count). The molecule has 3 fully saturated rings. The van der Waals surface area contributed by atoms with Crippen LogP contribution in [0.4, 0.5) is 5.13 Å². The van der Waals surface area contributed by atoms with Crippen molar-refractivity contribution in [2.24, 2.45) is 12.2 Å². The van der Waals surface area contributed by atoms with Crippen LogP contribution in [0.2, 0.25) is 0 Å². The first-order valence-electron chi connectivity index (χ1n) is 12.0. The Morgan fingerprint density at radius 2 is 1.67 bits per heavy atom. The van der Waals surface area contributed by atoms with Crippen molar-refractivity contribution in [3.05, 3.63) is 83.4 Å². The molecule has 3 saturated heterocycles. The number of piperidine rings is 3. The van der Waals surface area contributed by atoms with Crippen molar-refractivity contribution < 1.29 is 36.3 Å². The molecule has 3 aliphatic rings. The monoisotopic (exact) mass is 528 g/mol. The van der Waals surface area contributed by atoms with E-state index in [0.717, 1.165) is 25.9 Å². The molecule has 4 heterocycles. The second-order valence-electron chi connectivity index (χ2n) is 9.68. The van der Waals surface area contributed by atoms with E-state index in [2.05, 4.69) is 10.3 Å². The van der Waals surface area contributed by atoms with Crippen LogP contribution in [0, 0.1) is 5.92 Å². The van der Waals surface area contributed by atoms with E-state index in [1.54, 1.807) is 54.7 Å². The van der Waals surface area contributed by atoms with Crippen LogP contribution in [0.15, 0.2) is 72.2 Å². The normalized spacial score (nSPS) is 23.4. The Balaban J connectivity index is 0.00000304. The largest absolute Gasteiger partial charge is 1.00 e. The van der Waals surface area contributed by atoms with E-state index >= 15 is 0 Å². The van der Waals surface area contributed by atoms with Gasteiger partial charge in [0.25, 0.3) is 5.91 Å². The zero-order valence-corrected chi connectivity index (χ0v) is 21.8. The first-order chi connectivity index (χ1) is 16.9. The van der Waals surface area contributed by atoms with Crippen LogP contribution >= 0.6 is 10.5 Å². The van der Waals surface area contributed by atoms with Gasteiger partial charge < -0.3 is 26.7 Å². The van der Waals surface area contributed by atoms with Crippen molar-refractivity contribution in [2.45, 2.75) is 24.5 Å². The molecule has 0 radical (unpaired) electrons. The number of carbonyl (C=O) groups is 2. The summed E-state index contributed by atoms with van der Waals surface area (Å²) in [7, 11) is -0.171. The smallest absolute Gasteiger partial charge is 0.348 e. The summed E-state index contributed by atoms with van der Waals surface area (Å²) in [6, 6.07) is 17.9. The lowest BCUT2D eigenvalue weighted by molar-refractivity contribution is -0.939. The Labute approximate surface area is 220 Å². The van der Waals surface area contributed by atoms with Crippen LogP contribution in [0.25, 0.3) is 0 Å². The van der Waals surface area contributed by atoms with Gasteiger partial charge in [0.15, 0.2) is 18.0 Å². The lowest BCUT2D eigenvalue weighted by Crippen LogP contribution is -3.00. The Bertz CT molecular complexity index is 1160. The van der Waals surface area contributed by atoms with Crippen molar-refractivity contribution in [2.75, 3.05) is 31.5 Å². The summed E-state index contributed by atoms with van der Waals surface area (Å²) >= 11 is 0. The molecule has 1 unspecified atom stereocenters. The number of aromatic nitrogens is 1. The molecule has 2 bridgehead atoms. The fraction of sp³-hybridized carbons (Fsp3) is 0.370. The third-order valence-electron chi connectivity index (χ3n) is 7.47. The molecule has 36 heavy (non-hydrogen) atoms. The molecule has 9 heteroatoms. The number of nitrogens with one attached hydrogen (secondary N) is 1. The lowest BCUT2D eigenvalue weighted by atomic mass is 9.82. The molecule has 0 spiro atoms. The SMILES string of the molecule is C[s+]1ccnc1NC(=O)C[N+]12CCC(CC1)[C@@H](OC(=O)C(O)(c1ccccc1)c1ccccc1)C2.[Cl-]. The van der Waals surface area contributed by atoms with Gasteiger partial charge in [-0.05, 0) is 11.1 Å². The lowest BCUT2D eigenvalue weighted by Gasteiger charge is -2.51. The maximum absolute atomic E-state index is 13.6. The summed E-state index contributed by atoms with van der Waals surface area (Å²) in [5.74, 6) is -0.484. The number of hydrogen-bond acceptors (Lipinski definition) is 5. The summed E-state index contributed by atoms with van der Waals surface area (Å²) in [5.41, 5.74) is -0.954. The van der Waals surface area contributed by atoms with E-state index < -0.39 is 11.6 Å². The summed E-state index contributed by atoms with van der Waals surface area (Å²) in [6.45, 7) is 2.68. The summed E-state index contributed by atoms with van der Waals surface area (Å²) in [4.78, 5) is 30.8. The minimum Gasteiger partial charge on any atom is -1.00 e. The topological polar surface area (TPSA) is 88.5 Å². The van der Waals surface area contributed by atoms with Gasteiger partial charge in [-0.2, -0.15) is 4.98 Å². The zero-order valence-electron chi connectivity index (χ0n) is 20.2. The number of quaternary nitrogens is 1. The average Bonchev–Trinajstić information content (AvgIpc) is 3.28. The zero-order chi connectivity index (χ0) is 24.5. The molecule has 0 aliphatic carbocycles. The number of aryl methyl sites for hydroxylation is 1. The van der Waals surface area contributed by atoms with E-state index in [1.807, 2.05) is 23.8 Å². The van der Waals surface area contributed by atoms with Gasteiger partial charge in [-0.15, -0.1) is 0 Å². The van der Waals surface area contributed by atoms with Crippen LogP contribution in [0.5, 0.6) is 0 Å². The number of anilines is 1. The maximum atomic E-state index is 13.6. The number of esters is 1. The Morgan fingerprint density at radius 1 is 1.08 bits per heavy atom. The number of amides is 1. The first kappa shape index (κ1) is 26.3. The quantitative estimate of drug-likeness (QED) is 0.263. The predicted octanol–water partition coefficient (Wildman–Crippen LogP) is 0.399. The summed E-state index contributed by atoms with van der Waals surface area (Å²) in [6.07, 6.45) is 5.19. The third-order valence-corrected chi connectivity index (χ3v) is 8.81. The van der Waals surface area contributed by atoms with Gasteiger partial charge >= 0.3 is 11.1 Å². The highest BCUT2D eigenvalue weighted by molar-refractivity contribution is 7.31. The highest BCUT2D eigenvalue weighted by Gasteiger charge is 2.51. The number of rotatable bonds is 7. The van der Waals surface area contributed by atoms with Gasteiger partial charge in [0.1, 0.15) is 12.8 Å². The van der Waals surface area contributed by atoms with Gasteiger partial charge in [0.05, 0.1) is 19.3 Å². The highest BCUT2D eigenvalue weighted by atomic mass is 35.5. The maximum Gasteiger partial charge on any atom is 0.348 e. The Hall–Kier alpha value is -2.78. The molecule has 2 N–H and O–H groups in total. The number of aliphatic hydroxyl groups is 1. The van der Waals surface area contributed by atoms with Crippen LogP contribution in [0.1, 0.15) is 24.0 Å². The third kappa shape index (κ3) is 5.04. The van der Waals surface area contributed by atoms with E-state index in [9.17, 15) is 14.7 Å². The Morgan fingerprint density at radius 3 is 2.19 bits per heavy atom. The summed E-state index contributed by atoms with van der Waals surface area (Å²) in [5, 5.41) is 17.4. The van der Waals surface area contributed by atoms with Gasteiger partial charge in [-0.25, -0.2) is 4.79 Å². The molecule has 2 atom stereocenters. The van der Waals surface area contributed by atoms with Crippen molar-refractivity contribution in [1.82, 2.24) is 4.98 Å². The van der Waals surface area contributed by atoms with Gasteiger partial charge in [0.2, 0.25) is 5.60 Å². The molecule has 7 nitrogen and oxygen atoms in total. The van der Waals surface area contributed by atoms with Crippen molar-refractivity contribution in [3.8, 4) is 0 Å². The van der Waals surface area contributed by atoms with Crippen LogP contribution < -0.4 is 17.7 Å². The number of carbonyl (C=O) groups excluding carboxylic acids is 2. The molecule has 1 aromatic heterocycles. The van der Waals surface area contributed by atoms with Gasteiger partial charge in [-0.1, -0.05) is 60.7 Å². The molecule has 3 aliphatic heterocycles.